The first-order valence-electron chi connectivity index (χ1n) is 10.2. The highest BCUT2D eigenvalue weighted by atomic mass is 19.1. The Kier molecular flexibility index (Phi) is 6.38. The molecule has 0 spiro atoms. The summed E-state index contributed by atoms with van der Waals surface area (Å²) in [5.74, 6) is 0.470. The predicted molar refractivity (Wildman–Crippen MR) is 120 cm³/mol. The lowest BCUT2D eigenvalue weighted by atomic mass is 10.1. The molecule has 2 heterocycles. The van der Waals surface area contributed by atoms with Crippen molar-refractivity contribution in [2.45, 2.75) is 25.9 Å². The number of pyridine rings is 1. The normalized spacial score (nSPS) is 12.0. The van der Waals surface area contributed by atoms with Crippen molar-refractivity contribution in [1.29, 1.82) is 0 Å². The maximum Gasteiger partial charge on any atom is 0.148 e. The second kappa shape index (κ2) is 9.53. The fraction of sp³-hybridized carbons (Fsp3) is 0.200. The molecule has 2 aromatic carbocycles. The van der Waals surface area contributed by atoms with Crippen LogP contribution in [0.3, 0.4) is 0 Å². The van der Waals surface area contributed by atoms with E-state index in [9.17, 15) is 4.39 Å². The molecule has 0 aliphatic heterocycles. The summed E-state index contributed by atoms with van der Waals surface area (Å²) in [6.07, 6.45) is 6.42. The predicted octanol–water partition coefficient (Wildman–Crippen LogP) is 4.80. The van der Waals surface area contributed by atoms with Crippen molar-refractivity contribution in [2.75, 3.05) is 7.11 Å². The molecule has 6 heteroatoms. The Morgan fingerprint density at radius 3 is 2.58 bits per heavy atom. The smallest absolute Gasteiger partial charge is 0.148 e. The summed E-state index contributed by atoms with van der Waals surface area (Å²) in [5.41, 5.74) is 4.36. The third kappa shape index (κ3) is 4.98. The molecule has 0 amide bonds. The fourth-order valence-corrected chi connectivity index (χ4v) is 3.52. The lowest BCUT2D eigenvalue weighted by Gasteiger charge is -2.13. The monoisotopic (exact) mass is 416 g/mol. The van der Waals surface area contributed by atoms with Gasteiger partial charge in [0, 0.05) is 42.3 Å². The molecular weight excluding hydrogens is 391 g/mol. The van der Waals surface area contributed by atoms with Crippen LogP contribution < -0.4 is 10.1 Å². The van der Waals surface area contributed by atoms with Crippen LogP contribution in [0.25, 0.3) is 16.9 Å². The van der Waals surface area contributed by atoms with Gasteiger partial charge in [-0.05, 0) is 61.4 Å². The summed E-state index contributed by atoms with van der Waals surface area (Å²) in [6, 6.07) is 18.7. The number of aromatic nitrogens is 3. The molecule has 31 heavy (non-hydrogen) atoms. The van der Waals surface area contributed by atoms with Gasteiger partial charge in [-0.2, -0.15) is 5.10 Å². The Bertz CT molecular complexity index is 1130. The van der Waals surface area contributed by atoms with Crippen molar-refractivity contribution < 1.29 is 9.13 Å². The van der Waals surface area contributed by atoms with E-state index in [1.54, 1.807) is 36.2 Å². The van der Waals surface area contributed by atoms with E-state index < -0.39 is 0 Å². The maximum atomic E-state index is 14.4. The van der Waals surface area contributed by atoms with E-state index in [0.717, 1.165) is 29.0 Å². The average Bonchev–Trinajstić information content (AvgIpc) is 3.23. The second-order valence-corrected chi connectivity index (χ2v) is 7.47. The third-order valence-electron chi connectivity index (χ3n) is 5.16. The van der Waals surface area contributed by atoms with Crippen LogP contribution in [-0.4, -0.2) is 27.9 Å². The zero-order valence-electron chi connectivity index (χ0n) is 17.6. The molecule has 0 aliphatic carbocycles. The minimum absolute atomic E-state index is 0.240. The largest absolute Gasteiger partial charge is 0.497 e. The average molecular weight is 417 g/mol. The van der Waals surface area contributed by atoms with E-state index in [0.29, 0.717) is 12.2 Å². The van der Waals surface area contributed by atoms with Crippen LogP contribution in [0.5, 0.6) is 5.75 Å². The first kappa shape index (κ1) is 20.8. The quantitative estimate of drug-likeness (QED) is 0.448. The van der Waals surface area contributed by atoms with E-state index in [4.69, 9.17) is 9.84 Å². The first-order valence-corrected chi connectivity index (χ1v) is 10.2. The van der Waals surface area contributed by atoms with Crippen LogP contribution in [0.4, 0.5) is 4.39 Å². The van der Waals surface area contributed by atoms with Gasteiger partial charge in [-0.3, -0.25) is 4.98 Å². The minimum Gasteiger partial charge on any atom is -0.497 e. The molecular formula is C25H25FN4O. The van der Waals surface area contributed by atoms with Crippen LogP contribution in [0.2, 0.25) is 0 Å². The Balaban J connectivity index is 1.60. The molecule has 1 atom stereocenters. The molecule has 4 aromatic rings. The number of hydrogen-bond donors (Lipinski definition) is 1. The topological polar surface area (TPSA) is 52.0 Å². The Labute approximate surface area is 181 Å². The lowest BCUT2D eigenvalue weighted by molar-refractivity contribution is 0.415. The Morgan fingerprint density at radius 2 is 1.87 bits per heavy atom. The van der Waals surface area contributed by atoms with Gasteiger partial charge >= 0.3 is 0 Å². The molecule has 0 bridgehead atoms. The third-order valence-corrected chi connectivity index (χ3v) is 5.16. The number of para-hydroxylation sites is 1. The van der Waals surface area contributed by atoms with Crippen molar-refractivity contribution in [1.82, 2.24) is 20.1 Å². The maximum absolute atomic E-state index is 14.4. The van der Waals surface area contributed by atoms with E-state index >= 15 is 0 Å². The number of nitrogens with zero attached hydrogens (tertiary/aromatic N) is 3. The minimum atomic E-state index is -0.310. The van der Waals surface area contributed by atoms with Gasteiger partial charge in [0.15, 0.2) is 0 Å². The summed E-state index contributed by atoms with van der Waals surface area (Å²) < 4.78 is 21.3. The number of halogens is 1. The fourth-order valence-electron chi connectivity index (χ4n) is 3.52. The molecule has 0 radical (unpaired) electrons. The zero-order valence-corrected chi connectivity index (χ0v) is 17.6. The number of rotatable bonds is 8. The van der Waals surface area contributed by atoms with Crippen molar-refractivity contribution in [3.8, 4) is 22.7 Å². The Hall–Kier alpha value is -3.51. The molecule has 0 saturated heterocycles. The van der Waals surface area contributed by atoms with E-state index in [1.165, 1.54) is 11.6 Å². The molecule has 1 unspecified atom stereocenters. The van der Waals surface area contributed by atoms with Crippen LogP contribution in [0.1, 0.15) is 18.1 Å². The van der Waals surface area contributed by atoms with Gasteiger partial charge in [0.2, 0.25) is 0 Å². The number of ether oxygens (including phenoxy) is 1. The van der Waals surface area contributed by atoms with Crippen molar-refractivity contribution >= 4 is 0 Å². The summed E-state index contributed by atoms with van der Waals surface area (Å²) in [7, 11) is 1.64. The molecule has 1 N–H and O–H groups in total. The summed E-state index contributed by atoms with van der Waals surface area (Å²) in [4.78, 5) is 4.18. The van der Waals surface area contributed by atoms with Gasteiger partial charge in [-0.1, -0.05) is 18.2 Å². The summed E-state index contributed by atoms with van der Waals surface area (Å²) in [5, 5.41) is 8.27. The van der Waals surface area contributed by atoms with Crippen LogP contribution in [0, 0.1) is 5.82 Å². The van der Waals surface area contributed by atoms with Crippen molar-refractivity contribution in [3.63, 3.8) is 0 Å². The van der Waals surface area contributed by atoms with Gasteiger partial charge < -0.3 is 10.1 Å². The second-order valence-electron chi connectivity index (χ2n) is 7.47. The molecule has 5 nitrogen and oxygen atoms in total. The highest BCUT2D eigenvalue weighted by molar-refractivity contribution is 5.64. The number of hydrogen-bond acceptors (Lipinski definition) is 4. The molecule has 4 rings (SSSR count). The van der Waals surface area contributed by atoms with Gasteiger partial charge in [0.25, 0.3) is 0 Å². The van der Waals surface area contributed by atoms with Gasteiger partial charge in [-0.15, -0.1) is 0 Å². The molecule has 158 valence electrons. The Morgan fingerprint density at radius 1 is 1.06 bits per heavy atom. The molecule has 0 aliphatic rings. The van der Waals surface area contributed by atoms with E-state index in [-0.39, 0.29) is 11.9 Å². The molecule has 0 fully saturated rings. The van der Waals surface area contributed by atoms with Gasteiger partial charge in [0.05, 0.1) is 12.8 Å². The SMILES string of the molecule is COc1ccc(-c2nn(-c3ccccc3F)cc2CNC(C)Cc2cccnc2)cc1. The number of methoxy groups -OCH3 is 1. The van der Waals surface area contributed by atoms with Gasteiger partial charge in [-0.25, -0.2) is 9.07 Å². The molecule has 2 aromatic heterocycles. The summed E-state index contributed by atoms with van der Waals surface area (Å²) in [6.45, 7) is 2.75. The number of benzene rings is 2. The number of nitrogens with one attached hydrogen (secondary N) is 1. The van der Waals surface area contributed by atoms with Crippen LogP contribution >= 0.6 is 0 Å². The van der Waals surface area contributed by atoms with Crippen molar-refractivity contribution in [3.05, 3.63) is 96.2 Å². The highest BCUT2D eigenvalue weighted by Gasteiger charge is 2.15. The summed E-state index contributed by atoms with van der Waals surface area (Å²) >= 11 is 0. The van der Waals surface area contributed by atoms with Crippen LogP contribution in [-0.2, 0) is 13.0 Å². The van der Waals surface area contributed by atoms with E-state index in [2.05, 4.69) is 23.3 Å². The molecule has 0 saturated carbocycles. The zero-order chi connectivity index (χ0) is 21.6. The van der Waals surface area contributed by atoms with Crippen molar-refractivity contribution in [2.24, 2.45) is 0 Å². The van der Waals surface area contributed by atoms with Crippen LogP contribution in [0.15, 0.2) is 79.3 Å². The lowest BCUT2D eigenvalue weighted by Crippen LogP contribution is -2.27. The standard InChI is InChI=1S/C25H25FN4O/c1-18(14-19-6-5-13-27-15-19)28-16-21-17-30(24-8-4-3-7-23(24)26)29-25(21)20-9-11-22(31-2)12-10-20/h3-13,15,17-18,28H,14,16H2,1-2H3. The van der Waals surface area contributed by atoms with E-state index in [1.807, 2.05) is 42.7 Å². The van der Waals surface area contributed by atoms with Gasteiger partial charge in [0.1, 0.15) is 17.3 Å². The highest BCUT2D eigenvalue weighted by Crippen LogP contribution is 2.26. The first-order chi connectivity index (χ1) is 15.1.